The monoisotopic (exact) mass is 705 g/mol. The summed E-state index contributed by atoms with van der Waals surface area (Å²) in [5.74, 6) is 0.0819. The molecule has 0 radical (unpaired) electrons. The zero-order valence-electron chi connectivity index (χ0n) is 28.6. The number of nitrogens with zero attached hydrogens (tertiary/aromatic N) is 1. The zero-order valence-corrected chi connectivity index (χ0v) is 28.6. The highest BCUT2D eigenvalue weighted by Crippen LogP contribution is 2.21. The lowest BCUT2D eigenvalue weighted by atomic mass is 10.2. The van der Waals surface area contributed by atoms with Gasteiger partial charge in [-0.15, -0.1) is 0 Å². The van der Waals surface area contributed by atoms with Crippen molar-refractivity contribution in [2.75, 3.05) is 26.4 Å². The van der Waals surface area contributed by atoms with Crippen molar-refractivity contribution in [2.45, 2.75) is 25.7 Å². The molecule has 0 amide bonds. The molecule has 52 heavy (non-hydrogen) atoms. The lowest BCUT2D eigenvalue weighted by Gasteiger charge is -2.08. The topological polar surface area (TPSA) is 136 Å². The summed E-state index contributed by atoms with van der Waals surface area (Å²) in [7, 11) is 0. The lowest BCUT2D eigenvalue weighted by Crippen LogP contribution is -2.08. The van der Waals surface area contributed by atoms with Crippen LogP contribution in [0.15, 0.2) is 127 Å². The summed E-state index contributed by atoms with van der Waals surface area (Å²) in [6, 6.07) is 27.0. The number of carbonyl (C=O) groups is 4. The van der Waals surface area contributed by atoms with E-state index in [1.54, 1.807) is 103 Å². The van der Waals surface area contributed by atoms with Gasteiger partial charge in [0, 0.05) is 18.4 Å². The lowest BCUT2D eigenvalue weighted by molar-refractivity contribution is -0.138. The molecular weight excluding hydrogens is 666 g/mol. The van der Waals surface area contributed by atoms with Gasteiger partial charge in [0.25, 0.3) is 0 Å². The average Bonchev–Trinajstić information content (AvgIpc) is 3.18. The smallest absolute Gasteiger partial charge is 0.343 e. The van der Waals surface area contributed by atoms with E-state index in [4.69, 9.17) is 28.4 Å². The van der Waals surface area contributed by atoms with E-state index >= 15 is 0 Å². The molecule has 4 aromatic carbocycles. The molecule has 0 heterocycles. The van der Waals surface area contributed by atoms with Gasteiger partial charge in [-0.1, -0.05) is 13.2 Å². The number of hydrogen-bond donors (Lipinski definition) is 0. The van der Waals surface area contributed by atoms with Crippen molar-refractivity contribution in [1.29, 1.82) is 0 Å². The molecule has 0 bridgehead atoms. The SMILES string of the molecule is C=CC(=O)OCCCCOc1ccc(C(=O)Oc2ccc(/C=N/c3ccc(OC(=O)c4ccc(OCCCCOC(=O)C=C)cc4)cc3)cc2)cc1. The quantitative estimate of drug-likeness (QED) is 0.0297. The average molecular weight is 706 g/mol. The number of unbranched alkanes of at least 4 members (excludes halogenated alkanes) is 2. The van der Waals surface area contributed by atoms with Gasteiger partial charge in [-0.3, -0.25) is 4.99 Å². The highest BCUT2D eigenvalue weighted by Gasteiger charge is 2.11. The Hall–Kier alpha value is -6.49. The maximum Gasteiger partial charge on any atom is 0.343 e. The Bertz CT molecular complexity index is 1680. The highest BCUT2D eigenvalue weighted by atomic mass is 16.5. The van der Waals surface area contributed by atoms with E-state index in [-0.39, 0.29) is 0 Å². The first kappa shape index (κ1) is 38.3. The maximum absolute atomic E-state index is 12.6. The number of ether oxygens (including phenoxy) is 6. The van der Waals surface area contributed by atoms with Gasteiger partial charge < -0.3 is 28.4 Å². The van der Waals surface area contributed by atoms with Crippen LogP contribution in [0.1, 0.15) is 52.0 Å². The summed E-state index contributed by atoms with van der Waals surface area (Å²) in [5.41, 5.74) is 2.19. The van der Waals surface area contributed by atoms with Crippen LogP contribution in [0, 0.1) is 0 Å². The van der Waals surface area contributed by atoms with E-state index in [1.165, 1.54) is 0 Å². The van der Waals surface area contributed by atoms with E-state index in [2.05, 4.69) is 18.2 Å². The third kappa shape index (κ3) is 13.4. The van der Waals surface area contributed by atoms with Crippen molar-refractivity contribution >= 4 is 35.8 Å². The minimum absolute atomic E-state index is 0.305. The Morgan fingerprint density at radius 1 is 0.500 bits per heavy atom. The molecule has 0 saturated carbocycles. The van der Waals surface area contributed by atoms with E-state index in [0.717, 1.165) is 17.7 Å². The molecule has 0 atom stereocenters. The number of benzene rings is 4. The molecule has 0 aliphatic rings. The number of hydrogen-bond acceptors (Lipinski definition) is 11. The fourth-order valence-electron chi connectivity index (χ4n) is 4.33. The minimum atomic E-state index is -0.507. The van der Waals surface area contributed by atoms with Gasteiger partial charge >= 0.3 is 23.9 Å². The van der Waals surface area contributed by atoms with Gasteiger partial charge in [-0.2, -0.15) is 0 Å². The molecule has 268 valence electrons. The molecule has 4 aromatic rings. The molecule has 4 rings (SSSR count). The molecule has 0 saturated heterocycles. The van der Waals surface area contributed by atoms with Gasteiger partial charge in [-0.05, 0) is 128 Å². The van der Waals surface area contributed by atoms with Gasteiger partial charge in [-0.25, -0.2) is 19.2 Å². The van der Waals surface area contributed by atoms with Crippen LogP contribution in [0.5, 0.6) is 23.0 Å². The van der Waals surface area contributed by atoms with Crippen molar-refractivity contribution in [2.24, 2.45) is 4.99 Å². The highest BCUT2D eigenvalue weighted by molar-refractivity contribution is 5.92. The second kappa shape index (κ2) is 20.9. The normalized spacial score (nSPS) is 10.5. The first-order valence-electron chi connectivity index (χ1n) is 16.6. The molecule has 0 N–H and O–H groups in total. The second-order valence-electron chi connectivity index (χ2n) is 11.0. The van der Waals surface area contributed by atoms with E-state index < -0.39 is 23.9 Å². The number of rotatable bonds is 20. The van der Waals surface area contributed by atoms with Gasteiger partial charge in [0.2, 0.25) is 0 Å². The third-order valence-electron chi connectivity index (χ3n) is 7.12. The summed E-state index contributed by atoms with van der Waals surface area (Å²) in [6.45, 7) is 8.20. The van der Waals surface area contributed by atoms with Crippen molar-refractivity contribution in [3.05, 3.63) is 139 Å². The van der Waals surface area contributed by atoms with Crippen LogP contribution >= 0.6 is 0 Å². The maximum atomic E-state index is 12.6. The Morgan fingerprint density at radius 3 is 1.31 bits per heavy atom. The standard InChI is InChI=1S/C41H39NO10/c1-3-38(43)49-27-7-5-25-47-34-19-11-31(12-20-34)40(45)51-36-17-9-30(10-18-36)29-42-33-15-23-37(24-16-33)52-41(46)32-13-21-35(22-14-32)48-26-6-8-28-50-39(44)4-2/h3-4,9-24,29H,1-2,5-8,25-28H2/b42-29+. The minimum Gasteiger partial charge on any atom is -0.494 e. The van der Waals surface area contributed by atoms with Crippen molar-refractivity contribution in [3.8, 4) is 23.0 Å². The van der Waals surface area contributed by atoms with Gasteiger partial charge in [0.05, 0.1) is 43.2 Å². The fraction of sp³-hybridized carbons (Fsp3) is 0.195. The number of aliphatic imine (C=N–C) groups is 1. The molecule has 0 aliphatic carbocycles. The molecule has 0 aliphatic heterocycles. The summed E-state index contributed by atoms with van der Waals surface area (Å²) in [6.07, 6.45) is 6.66. The predicted octanol–water partition coefficient (Wildman–Crippen LogP) is 7.65. The molecule has 11 heteroatoms. The van der Waals surface area contributed by atoms with E-state index in [0.29, 0.717) is 91.9 Å². The van der Waals surface area contributed by atoms with Crippen LogP contribution < -0.4 is 18.9 Å². The van der Waals surface area contributed by atoms with E-state index in [1.807, 2.05) is 0 Å². The zero-order chi connectivity index (χ0) is 37.0. The van der Waals surface area contributed by atoms with Gasteiger partial charge in [0.15, 0.2) is 0 Å². The summed E-state index contributed by atoms with van der Waals surface area (Å²) in [5, 5.41) is 0. The molecule has 0 aromatic heterocycles. The van der Waals surface area contributed by atoms with Crippen LogP contribution in [0.4, 0.5) is 5.69 Å². The molecular formula is C41H39NO10. The fourth-order valence-corrected chi connectivity index (χ4v) is 4.33. The van der Waals surface area contributed by atoms with Crippen LogP contribution in [0.2, 0.25) is 0 Å². The summed E-state index contributed by atoms with van der Waals surface area (Å²) >= 11 is 0. The second-order valence-corrected chi connectivity index (χ2v) is 11.0. The first-order valence-corrected chi connectivity index (χ1v) is 16.6. The van der Waals surface area contributed by atoms with Crippen LogP contribution in [-0.2, 0) is 19.1 Å². The van der Waals surface area contributed by atoms with Crippen molar-refractivity contribution < 1.29 is 47.6 Å². The number of esters is 4. The Morgan fingerprint density at radius 2 is 0.885 bits per heavy atom. The third-order valence-corrected chi connectivity index (χ3v) is 7.12. The summed E-state index contributed by atoms with van der Waals surface area (Å²) in [4.78, 5) is 51.8. The Kier molecular flexibility index (Phi) is 15.4. The van der Waals surface area contributed by atoms with Gasteiger partial charge in [0.1, 0.15) is 23.0 Å². The molecule has 0 spiro atoms. The first-order chi connectivity index (χ1) is 25.3. The van der Waals surface area contributed by atoms with Crippen molar-refractivity contribution in [1.82, 2.24) is 0 Å². The predicted molar refractivity (Wildman–Crippen MR) is 195 cm³/mol. The Labute approximate surface area is 302 Å². The van der Waals surface area contributed by atoms with Crippen LogP contribution in [0.3, 0.4) is 0 Å². The van der Waals surface area contributed by atoms with Crippen LogP contribution in [-0.4, -0.2) is 56.5 Å². The largest absolute Gasteiger partial charge is 0.494 e. The molecule has 0 fully saturated rings. The number of carbonyl (C=O) groups excluding carboxylic acids is 4. The van der Waals surface area contributed by atoms with Crippen molar-refractivity contribution in [3.63, 3.8) is 0 Å². The summed E-state index contributed by atoms with van der Waals surface area (Å²) < 4.78 is 32.2. The van der Waals surface area contributed by atoms with E-state index in [9.17, 15) is 19.2 Å². The van der Waals surface area contributed by atoms with Crippen LogP contribution in [0.25, 0.3) is 0 Å². The molecule has 0 unspecified atom stereocenters. The Balaban J connectivity index is 1.16. The molecule has 11 nitrogen and oxygen atoms in total.